The molecule has 1 aliphatic carbocycles. The molecule has 1 atom stereocenters. The fourth-order valence-corrected chi connectivity index (χ4v) is 3.46. The second kappa shape index (κ2) is 9.92. The van der Waals surface area contributed by atoms with E-state index >= 15 is 0 Å². The van der Waals surface area contributed by atoms with E-state index in [1.165, 1.54) is 0 Å². The number of allylic oxidation sites excluding steroid dienone is 2. The molecule has 1 aliphatic rings. The average Bonchev–Trinajstić information content (AvgIpc) is 2.75. The molecule has 1 unspecified atom stereocenters. The van der Waals surface area contributed by atoms with E-state index in [1.54, 1.807) is 0 Å². The molecular weight excluding hydrogens is 366 g/mol. The number of hydrogen-bond donors (Lipinski definition) is 1. The van der Waals surface area contributed by atoms with Gasteiger partial charge in [0.2, 0.25) is 0 Å². The van der Waals surface area contributed by atoms with Gasteiger partial charge in [0, 0.05) is 12.8 Å². The topological polar surface area (TPSA) is 68.1 Å². The highest BCUT2D eigenvalue weighted by atomic mass is 16.6. The minimum Gasteiger partial charge on any atom is -0.511 e. The molecular formula is C24H27NO4. The van der Waals surface area contributed by atoms with Gasteiger partial charge in [-0.05, 0) is 42.5 Å². The highest BCUT2D eigenvalue weighted by Gasteiger charge is 2.31. The Balaban J connectivity index is 1.68. The van der Waals surface area contributed by atoms with Crippen LogP contribution in [0.15, 0.2) is 71.1 Å². The van der Waals surface area contributed by atoms with Crippen molar-refractivity contribution in [2.75, 3.05) is 6.61 Å². The minimum atomic E-state index is -0.0940. The summed E-state index contributed by atoms with van der Waals surface area (Å²) in [6.07, 6.45) is 1.29. The zero-order valence-electron chi connectivity index (χ0n) is 16.9. The molecule has 0 aliphatic heterocycles. The highest BCUT2D eigenvalue weighted by molar-refractivity contribution is 6.23. The molecule has 0 saturated carbocycles. The van der Waals surface area contributed by atoms with Crippen LogP contribution in [0.3, 0.4) is 0 Å². The molecule has 152 valence electrons. The van der Waals surface area contributed by atoms with Gasteiger partial charge in [0.15, 0.2) is 5.78 Å². The quantitative estimate of drug-likeness (QED) is 0.486. The summed E-state index contributed by atoms with van der Waals surface area (Å²) in [5.74, 6) is 0.719. The molecule has 3 rings (SSSR count). The lowest BCUT2D eigenvalue weighted by Gasteiger charge is -2.24. The van der Waals surface area contributed by atoms with Crippen LogP contribution in [0, 0.1) is 0 Å². The van der Waals surface area contributed by atoms with Crippen molar-refractivity contribution in [3.63, 3.8) is 0 Å². The number of ketones is 1. The van der Waals surface area contributed by atoms with Crippen LogP contribution >= 0.6 is 0 Å². The molecule has 2 aromatic carbocycles. The summed E-state index contributed by atoms with van der Waals surface area (Å²) in [5.41, 5.74) is 2.95. The van der Waals surface area contributed by atoms with Gasteiger partial charge < -0.3 is 14.7 Å². The van der Waals surface area contributed by atoms with Crippen molar-refractivity contribution in [3.05, 3.63) is 77.1 Å². The number of aliphatic hydroxyl groups is 1. The number of rotatable bonds is 8. The molecule has 0 saturated heterocycles. The van der Waals surface area contributed by atoms with E-state index in [0.717, 1.165) is 16.9 Å². The Morgan fingerprint density at radius 1 is 1.07 bits per heavy atom. The number of oxime groups is 1. The smallest absolute Gasteiger partial charge is 0.168 e. The fourth-order valence-electron chi connectivity index (χ4n) is 3.46. The summed E-state index contributed by atoms with van der Waals surface area (Å²) in [6, 6.07) is 17.7. The third-order valence-electron chi connectivity index (χ3n) is 4.97. The van der Waals surface area contributed by atoms with Crippen molar-refractivity contribution >= 4 is 11.5 Å². The first kappa shape index (κ1) is 20.6. The molecule has 5 nitrogen and oxygen atoms in total. The van der Waals surface area contributed by atoms with Crippen molar-refractivity contribution in [2.45, 2.75) is 45.6 Å². The predicted octanol–water partition coefficient (Wildman–Crippen LogP) is 5.33. The number of hydrogen-bond acceptors (Lipinski definition) is 5. The van der Waals surface area contributed by atoms with E-state index < -0.39 is 0 Å². The summed E-state index contributed by atoms with van der Waals surface area (Å²) in [4.78, 5) is 17.8. The van der Waals surface area contributed by atoms with Crippen molar-refractivity contribution in [1.82, 2.24) is 0 Å². The molecule has 1 N–H and O–H groups in total. The number of nitrogens with zero attached hydrogens (tertiary/aromatic N) is 1. The molecule has 0 fully saturated rings. The van der Waals surface area contributed by atoms with Crippen LogP contribution in [-0.2, 0) is 16.2 Å². The maximum absolute atomic E-state index is 12.7. The summed E-state index contributed by atoms with van der Waals surface area (Å²) in [5, 5.41) is 14.5. The number of carbonyl (C=O) groups excluding carboxylic acids is 1. The van der Waals surface area contributed by atoms with E-state index in [0.29, 0.717) is 43.8 Å². The zero-order valence-corrected chi connectivity index (χ0v) is 16.9. The molecule has 0 bridgehead atoms. The van der Waals surface area contributed by atoms with Gasteiger partial charge in [-0.15, -0.1) is 0 Å². The van der Waals surface area contributed by atoms with Crippen molar-refractivity contribution in [2.24, 2.45) is 5.16 Å². The lowest BCUT2D eigenvalue weighted by atomic mass is 9.81. The lowest BCUT2D eigenvalue weighted by molar-refractivity contribution is -0.116. The van der Waals surface area contributed by atoms with Crippen molar-refractivity contribution < 1.29 is 19.5 Å². The van der Waals surface area contributed by atoms with Gasteiger partial charge in [0.05, 0.1) is 11.3 Å². The molecule has 0 radical (unpaired) electrons. The Labute approximate surface area is 171 Å². The van der Waals surface area contributed by atoms with Gasteiger partial charge in [0.25, 0.3) is 0 Å². The minimum absolute atomic E-state index is 0.0559. The Hall–Kier alpha value is -3.08. The van der Waals surface area contributed by atoms with Crippen LogP contribution in [0.2, 0.25) is 0 Å². The van der Waals surface area contributed by atoms with E-state index in [2.05, 4.69) is 5.16 Å². The average molecular weight is 393 g/mol. The van der Waals surface area contributed by atoms with E-state index in [4.69, 9.17) is 9.57 Å². The molecule has 0 amide bonds. The number of aliphatic hydroxyl groups excluding tert-OH is 1. The first-order chi connectivity index (χ1) is 14.1. The Bertz CT molecular complexity index is 885. The maximum atomic E-state index is 12.7. The van der Waals surface area contributed by atoms with Crippen molar-refractivity contribution in [3.8, 4) is 5.75 Å². The van der Waals surface area contributed by atoms with Gasteiger partial charge in [0.1, 0.15) is 24.7 Å². The second-order valence-corrected chi connectivity index (χ2v) is 7.00. The van der Waals surface area contributed by atoms with E-state index in [-0.39, 0.29) is 17.5 Å². The van der Waals surface area contributed by atoms with Crippen LogP contribution in [0.4, 0.5) is 0 Å². The first-order valence-corrected chi connectivity index (χ1v) is 10.0. The monoisotopic (exact) mass is 393 g/mol. The number of benzene rings is 2. The van der Waals surface area contributed by atoms with Gasteiger partial charge in [-0.25, -0.2) is 0 Å². The maximum Gasteiger partial charge on any atom is 0.168 e. The second-order valence-electron chi connectivity index (χ2n) is 7.00. The summed E-state index contributed by atoms with van der Waals surface area (Å²) < 4.78 is 5.82. The Morgan fingerprint density at radius 3 is 2.41 bits per heavy atom. The fraction of sp³-hybridized carbons (Fsp3) is 0.333. The normalized spacial score (nSPS) is 17.4. The number of ether oxygens (including phenoxy) is 1. The number of Topliss-reactive ketones (excluding diaryl/α,β-unsaturated/α-hetero) is 1. The third-order valence-corrected chi connectivity index (χ3v) is 4.97. The summed E-state index contributed by atoms with van der Waals surface area (Å²) in [7, 11) is 0. The lowest BCUT2D eigenvalue weighted by Crippen LogP contribution is -2.23. The van der Waals surface area contributed by atoms with Crippen LogP contribution in [0.25, 0.3) is 0 Å². The van der Waals surface area contributed by atoms with Gasteiger partial charge in [-0.3, -0.25) is 4.79 Å². The van der Waals surface area contributed by atoms with Gasteiger partial charge in [-0.2, -0.15) is 0 Å². The van der Waals surface area contributed by atoms with Crippen LogP contribution < -0.4 is 4.74 Å². The highest BCUT2D eigenvalue weighted by Crippen LogP contribution is 2.35. The first-order valence-electron chi connectivity index (χ1n) is 10.0. The number of carbonyl (C=O) groups is 1. The zero-order chi connectivity index (χ0) is 20.6. The molecule has 29 heavy (non-hydrogen) atoms. The third kappa shape index (κ3) is 5.25. The van der Waals surface area contributed by atoms with Gasteiger partial charge >= 0.3 is 0 Å². The van der Waals surface area contributed by atoms with Crippen LogP contribution in [0.1, 0.15) is 50.2 Å². The van der Waals surface area contributed by atoms with Gasteiger partial charge in [-0.1, -0.05) is 54.5 Å². The largest absolute Gasteiger partial charge is 0.511 e. The SMILES string of the molecule is CCO/N=C(\CC)C1=C(O)CC(c2ccc(OCc3ccccc3)cc2)CC1=O. The molecule has 0 heterocycles. The Morgan fingerprint density at radius 2 is 1.79 bits per heavy atom. The summed E-state index contributed by atoms with van der Waals surface area (Å²) in [6.45, 7) is 4.66. The van der Waals surface area contributed by atoms with Crippen LogP contribution in [0.5, 0.6) is 5.75 Å². The molecule has 2 aromatic rings. The van der Waals surface area contributed by atoms with E-state index in [1.807, 2.05) is 68.4 Å². The Kier molecular flexibility index (Phi) is 7.06. The molecule has 0 aromatic heterocycles. The van der Waals surface area contributed by atoms with Crippen molar-refractivity contribution in [1.29, 1.82) is 0 Å². The molecule has 0 spiro atoms. The predicted molar refractivity (Wildman–Crippen MR) is 113 cm³/mol. The summed E-state index contributed by atoms with van der Waals surface area (Å²) >= 11 is 0. The van der Waals surface area contributed by atoms with Crippen LogP contribution in [-0.4, -0.2) is 23.2 Å². The standard InChI is InChI=1S/C24H27NO4/c1-3-21(25-29-4-2)24-22(26)14-19(15-23(24)27)18-10-12-20(13-11-18)28-16-17-8-6-5-7-9-17/h5-13,19,26H,3-4,14-16H2,1-2H3/b25-21+. The molecule has 5 heteroatoms. The van der Waals surface area contributed by atoms with E-state index in [9.17, 15) is 9.90 Å².